The standard InChI is InChI=1S/C8H14N2O3/c1-2-9-7(11)6-4-3-5-10(6)8(12)13/h6H,2-5H2,1H3,(H,9,11)(H,12,13). The molecule has 1 aliphatic heterocycles. The van der Waals surface area contributed by atoms with Gasteiger partial charge in [-0.25, -0.2) is 4.79 Å². The maximum Gasteiger partial charge on any atom is 0.407 e. The number of nitrogens with one attached hydrogen (secondary N) is 1. The summed E-state index contributed by atoms with van der Waals surface area (Å²) >= 11 is 0. The van der Waals surface area contributed by atoms with Crippen LogP contribution in [-0.2, 0) is 4.79 Å². The molecule has 0 radical (unpaired) electrons. The van der Waals surface area contributed by atoms with Crippen molar-refractivity contribution in [1.82, 2.24) is 10.2 Å². The van der Waals surface area contributed by atoms with Crippen LogP contribution in [0.4, 0.5) is 4.79 Å². The van der Waals surface area contributed by atoms with Crippen LogP contribution in [0.1, 0.15) is 19.8 Å². The number of carboxylic acid groups (broad SMARTS) is 1. The lowest BCUT2D eigenvalue weighted by Gasteiger charge is -2.20. The second-order valence-corrected chi connectivity index (χ2v) is 3.03. The summed E-state index contributed by atoms with van der Waals surface area (Å²) in [6.45, 7) is 2.83. The number of likely N-dealkylation sites (tertiary alicyclic amines) is 1. The lowest BCUT2D eigenvalue weighted by atomic mass is 10.2. The Bertz CT molecular complexity index is 217. The number of rotatable bonds is 2. The Kier molecular flexibility index (Phi) is 3.11. The van der Waals surface area contributed by atoms with Gasteiger partial charge in [0.15, 0.2) is 0 Å². The number of carbonyl (C=O) groups is 2. The summed E-state index contributed by atoms with van der Waals surface area (Å²) in [6, 6.07) is -0.475. The van der Waals surface area contributed by atoms with Gasteiger partial charge in [-0.05, 0) is 19.8 Å². The molecule has 0 spiro atoms. The van der Waals surface area contributed by atoms with E-state index in [0.717, 1.165) is 6.42 Å². The molecule has 0 aromatic carbocycles. The first-order valence-corrected chi connectivity index (χ1v) is 4.44. The Morgan fingerprint density at radius 1 is 1.62 bits per heavy atom. The Balaban J connectivity index is 2.57. The van der Waals surface area contributed by atoms with Gasteiger partial charge in [0.2, 0.25) is 5.91 Å². The van der Waals surface area contributed by atoms with E-state index in [0.29, 0.717) is 19.5 Å². The Morgan fingerprint density at radius 3 is 2.85 bits per heavy atom. The summed E-state index contributed by atoms with van der Waals surface area (Å²) in [7, 11) is 0. The summed E-state index contributed by atoms with van der Waals surface area (Å²) in [5, 5.41) is 11.4. The summed E-state index contributed by atoms with van der Waals surface area (Å²) < 4.78 is 0. The van der Waals surface area contributed by atoms with Crippen LogP contribution >= 0.6 is 0 Å². The van der Waals surface area contributed by atoms with Crippen LogP contribution in [0.2, 0.25) is 0 Å². The number of nitrogens with zero attached hydrogens (tertiary/aromatic N) is 1. The number of hydrogen-bond acceptors (Lipinski definition) is 2. The van der Waals surface area contributed by atoms with Gasteiger partial charge in [-0.1, -0.05) is 0 Å². The number of amides is 2. The number of carbonyl (C=O) groups excluding carboxylic acids is 1. The first-order valence-electron chi connectivity index (χ1n) is 4.44. The van der Waals surface area contributed by atoms with E-state index in [1.807, 2.05) is 6.92 Å². The molecule has 1 saturated heterocycles. The van der Waals surface area contributed by atoms with E-state index in [-0.39, 0.29) is 5.91 Å². The molecular weight excluding hydrogens is 172 g/mol. The minimum Gasteiger partial charge on any atom is -0.465 e. The lowest BCUT2D eigenvalue weighted by molar-refractivity contribution is -0.124. The summed E-state index contributed by atoms with van der Waals surface area (Å²) in [5.74, 6) is -0.178. The van der Waals surface area contributed by atoms with Crippen LogP contribution in [-0.4, -0.2) is 41.1 Å². The van der Waals surface area contributed by atoms with Gasteiger partial charge in [0, 0.05) is 13.1 Å². The molecule has 0 saturated carbocycles. The first-order chi connectivity index (χ1) is 6.16. The molecule has 74 valence electrons. The number of hydrogen-bond donors (Lipinski definition) is 2. The predicted octanol–water partition coefficient (Wildman–Crippen LogP) is 0.265. The van der Waals surface area contributed by atoms with Crippen LogP contribution < -0.4 is 5.32 Å². The maximum atomic E-state index is 11.3. The molecule has 0 bridgehead atoms. The van der Waals surface area contributed by atoms with Gasteiger partial charge in [-0.2, -0.15) is 0 Å². The molecule has 1 unspecified atom stereocenters. The normalized spacial score (nSPS) is 21.6. The molecule has 2 N–H and O–H groups in total. The fourth-order valence-electron chi connectivity index (χ4n) is 1.56. The van der Waals surface area contributed by atoms with E-state index in [1.165, 1.54) is 4.90 Å². The van der Waals surface area contributed by atoms with Crippen molar-refractivity contribution in [3.05, 3.63) is 0 Å². The fourth-order valence-corrected chi connectivity index (χ4v) is 1.56. The zero-order chi connectivity index (χ0) is 9.84. The van der Waals surface area contributed by atoms with Crippen LogP contribution in [0, 0.1) is 0 Å². The van der Waals surface area contributed by atoms with E-state index < -0.39 is 12.1 Å². The van der Waals surface area contributed by atoms with Crippen LogP contribution in [0.25, 0.3) is 0 Å². The van der Waals surface area contributed by atoms with Crippen molar-refractivity contribution in [2.24, 2.45) is 0 Å². The third kappa shape index (κ3) is 2.11. The van der Waals surface area contributed by atoms with Gasteiger partial charge in [0.05, 0.1) is 0 Å². The van der Waals surface area contributed by atoms with Crippen molar-refractivity contribution < 1.29 is 14.7 Å². The molecule has 2 amide bonds. The zero-order valence-electron chi connectivity index (χ0n) is 7.62. The second kappa shape index (κ2) is 4.11. The maximum absolute atomic E-state index is 11.3. The second-order valence-electron chi connectivity index (χ2n) is 3.03. The van der Waals surface area contributed by atoms with Crippen molar-refractivity contribution in [1.29, 1.82) is 0 Å². The average molecular weight is 186 g/mol. The van der Waals surface area contributed by atoms with Crippen molar-refractivity contribution in [2.45, 2.75) is 25.8 Å². The van der Waals surface area contributed by atoms with Gasteiger partial charge in [-0.3, -0.25) is 9.69 Å². The zero-order valence-corrected chi connectivity index (χ0v) is 7.62. The minimum absolute atomic E-state index is 0.178. The molecule has 1 heterocycles. The first kappa shape index (κ1) is 9.83. The summed E-state index contributed by atoms with van der Waals surface area (Å²) in [4.78, 5) is 23.2. The molecule has 1 atom stereocenters. The highest BCUT2D eigenvalue weighted by molar-refractivity contribution is 5.85. The molecular formula is C8H14N2O3. The van der Waals surface area contributed by atoms with Crippen molar-refractivity contribution >= 4 is 12.0 Å². The van der Waals surface area contributed by atoms with Gasteiger partial charge in [0.25, 0.3) is 0 Å². The van der Waals surface area contributed by atoms with E-state index in [2.05, 4.69) is 5.32 Å². The van der Waals surface area contributed by atoms with E-state index in [4.69, 9.17) is 5.11 Å². The Hall–Kier alpha value is -1.26. The molecule has 0 aliphatic carbocycles. The molecule has 5 nitrogen and oxygen atoms in total. The average Bonchev–Trinajstić information content (AvgIpc) is 2.52. The van der Waals surface area contributed by atoms with Crippen molar-refractivity contribution in [2.75, 3.05) is 13.1 Å². The molecule has 1 rings (SSSR count). The van der Waals surface area contributed by atoms with Crippen LogP contribution in [0.3, 0.4) is 0 Å². The topological polar surface area (TPSA) is 69.6 Å². The summed E-state index contributed by atoms with van der Waals surface area (Å²) in [6.07, 6.45) is 0.403. The number of likely N-dealkylation sites (N-methyl/N-ethyl adjacent to an activating group) is 1. The van der Waals surface area contributed by atoms with Gasteiger partial charge in [-0.15, -0.1) is 0 Å². The summed E-state index contributed by atoms with van der Waals surface area (Å²) in [5.41, 5.74) is 0. The van der Waals surface area contributed by atoms with E-state index in [9.17, 15) is 9.59 Å². The molecule has 5 heteroatoms. The molecule has 1 aliphatic rings. The monoisotopic (exact) mass is 186 g/mol. The Labute approximate surface area is 76.7 Å². The predicted molar refractivity (Wildman–Crippen MR) is 46.4 cm³/mol. The van der Waals surface area contributed by atoms with Crippen LogP contribution in [0.15, 0.2) is 0 Å². The largest absolute Gasteiger partial charge is 0.465 e. The SMILES string of the molecule is CCNC(=O)C1CCCN1C(=O)O. The van der Waals surface area contributed by atoms with Crippen molar-refractivity contribution in [3.63, 3.8) is 0 Å². The highest BCUT2D eigenvalue weighted by Crippen LogP contribution is 2.16. The smallest absolute Gasteiger partial charge is 0.407 e. The lowest BCUT2D eigenvalue weighted by Crippen LogP contribution is -2.45. The highest BCUT2D eigenvalue weighted by atomic mass is 16.4. The van der Waals surface area contributed by atoms with Gasteiger partial charge >= 0.3 is 6.09 Å². The van der Waals surface area contributed by atoms with Crippen LogP contribution in [0.5, 0.6) is 0 Å². The quantitative estimate of drug-likeness (QED) is 0.650. The van der Waals surface area contributed by atoms with Crippen molar-refractivity contribution in [3.8, 4) is 0 Å². The molecule has 13 heavy (non-hydrogen) atoms. The highest BCUT2D eigenvalue weighted by Gasteiger charge is 2.33. The Morgan fingerprint density at radius 2 is 2.31 bits per heavy atom. The third-order valence-corrected chi connectivity index (χ3v) is 2.15. The van der Waals surface area contributed by atoms with E-state index >= 15 is 0 Å². The van der Waals surface area contributed by atoms with E-state index in [1.54, 1.807) is 0 Å². The molecule has 0 aromatic rings. The van der Waals surface area contributed by atoms with Gasteiger partial charge < -0.3 is 10.4 Å². The molecule has 0 aromatic heterocycles. The fraction of sp³-hybridized carbons (Fsp3) is 0.750. The third-order valence-electron chi connectivity index (χ3n) is 2.15. The minimum atomic E-state index is -1.01. The van der Waals surface area contributed by atoms with Gasteiger partial charge in [0.1, 0.15) is 6.04 Å². The molecule has 1 fully saturated rings.